The van der Waals surface area contributed by atoms with Gasteiger partial charge in [0.05, 0.1) is 12.2 Å². The molecule has 3 heterocycles. The highest BCUT2D eigenvalue weighted by Crippen LogP contribution is 2.23. The molecule has 0 aliphatic carbocycles. The highest BCUT2D eigenvalue weighted by Gasteiger charge is 2.27. The number of likely N-dealkylation sites (tertiary alicyclic amines) is 1. The van der Waals surface area contributed by atoms with Crippen molar-refractivity contribution in [2.45, 2.75) is 52.1 Å². The van der Waals surface area contributed by atoms with Crippen molar-refractivity contribution in [2.75, 3.05) is 18.4 Å². The molecule has 1 unspecified atom stereocenters. The van der Waals surface area contributed by atoms with Crippen LogP contribution >= 0.6 is 0 Å². The second-order valence-corrected chi connectivity index (χ2v) is 7.56. The number of nitrogens with one attached hydrogen (secondary N) is 1. The van der Waals surface area contributed by atoms with Crippen LogP contribution in [-0.4, -0.2) is 49.3 Å². The normalized spacial score (nSPS) is 17.6. The molecule has 1 atom stereocenters. The molecule has 26 heavy (non-hydrogen) atoms. The van der Waals surface area contributed by atoms with Crippen molar-refractivity contribution in [3.8, 4) is 0 Å². The minimum atomic E-state index is -0.139. The van der Waals surface area contributed by atoms with Gasteiger partial charge in [-0.1, -0.05) is 0 Å². The summed E-state index contributed by atoms with van der Waals surface area (Å²) < 4.78 is 3.93. The van der Waals surface area contributed by atoms with E-state index < -0.39 is 0 Å². The lowest BCUT2D eigenvalue weighted by molar-refractivity contribution is -0.121. The van der Waals surface area contributed by atoms with Gasteiger partial charge in [0.25, 0.3) is 0 Å². The zero-order chi connectivity index (χ0) is 18.7. The van der Waals surface area contributed by atoms with E-state index in [9.17, 15) is 4.79 Å². The van der Waals surface area contributed by atoms with E-state index in [4.69, 9.17) is 0 Å². The first-order chi connectivity index (χ1) is 12.5. The van der Waals surface area contributed by atoms with Gasteiger partial charge in [0.15, 0.2) is 0 Å². The SMILES string of the molecule is CC(C(=O)Nc1ccnn1C(C)C)N1CCC(Cc2nccn2C)CC1. The van der Waals surface area contributed by atoms with Crippen molar-refractivity contribution >= 4 is 11.7 Å². The summed E-state index contributed by atoms with van der Waals surface area (Å²) in [4.78, 5) is 19.4. The van der Waals surface area contributed by atoms with Gasteiger partial charge in [-0.3, -0.25) is 9.69 Å². The Morgan fingerprint density at radius 3 is 2.62 bits per heavy atom. The third kappa shape index (κ3) is 4.15. The number of piperidine rings is 1. The molecular formula is C19H30N6O. The lowest BCUT2D eigenvalue weighted by atomic mass is 9.92. The molecule has 1 saturated heterocycles. The zero-order valence-corrected chi connectivity index (χ0v) is 16.2. The maximum Gasteiger partial charge on any atom is 0.242 e. The van der Waals surface area contributed by atoms with E-state index in [1.54, 1.807) is 6.20 Å². The standard InChI is InChI=1S/C19H30N6O/c1-14(2)25-17(5-8-21-25)22-19(26)15(3)24-10-6-16(7-11-24)13-18-20-9-12-23(18)4/h5,8-9,12,14-16H,6-7,10-11,13H2,1-4H3,(H,22,26). The van der Waals surface area contributed by atoms with Crippen molar-refractivity contribution in [2.24, 2.45) is 13.0 Å². The largest absolute Gasteiger partial charge is 0.338 e. The first-order valence-electron chi connectivity index (χ1n) is 9.50. The van der Waals surface area contributed by atoms with Gasteiger partial charge in [-0.15, -0.1) is 0 Å². The van der Waals surface area contributed by atoms with Crippen LogP contribution in [0.1, 0.15) is 45.5 Å². The van der Waals surface area contributed by atoms with Crippen molar-refractivity contribution < 1.29 is 4.79 Å². The molecule has 2 aromatic heterocycles. The topological polar surface area (TPSA) is 68.0 Å². The second kappa shape index (κ2) is 8.03. The van der Waals surface area contributed by atoms with Crippen molar-refractivity contribution in [3.05, 3.63) is 30.5 Å². The van der Waals surface area contributed by atoms with Crippen LogP contribution in [-0.2, 0) is 18.3 Å². The van der Waals surface area contributed by atoms with Crippen LogP contribution in [0.3, 0.4) is 0 Å². The predicted octanol–water partition coefficient (Wildman–Crippen LogP) is 2.48. The number of aryl methyl sites for hydroxylation is 1. The minimum Gasteiger partial charge on any atom is -0.338 e. The van der Waals surface area contributed by atoms with E-state index in [1.807, 2.05) is 37.1 Å². The Labute approximate surface area is 155 Å². The second-order valence-electron chi connectivity index (χ2n) is 7.56. The Hall–Kier alpha value is -2.15. The predicted molar refractivity (Wildman–Crippen MR) is 102 cm³/mol. The summed E-state index contributed by atoms with van der Waals surface area (Å²) in [5.41, 5.74) is 0. The molecule has 1 fully saturated rings. The number of hydrogen-bond donors (Lipinski definition) is 1. The quantitative estimate of drug-likeness (QED) is 0.861. The van der Waals surface area contributed by atoms with Crippen LogP contribution in [0.15, 0.2) is 24.7 Å². The molecule has 7 heteroatoms. The number of aromatic nitrogens is 4. The Morgan fingerprint density at radius 1 is 1.27 bits per heavy atom. The van der Waals surface area contributed by atoms with Gasteiger partial charge in [-0.25, -0.2) is 9.67 Å². The number of hydrogen-bond acceptors (Lipinski definition) is 4. The summed E-state index contributed by atoms with van der Waals surface area (Å²) in [7, 11) is 2.05. The fourth-order valence-electron chi connectivity index (χ4n) is 3.62. The van der Waals surface area contributed by atoms with Gasteiger partial charge in [0.2, 0.25) is 5.91 Å². The van der Waals surface area contributed by atoms with Gasteiger partial charge in [0.1, 0.15) is 11.6 Å². The molecule has 2 aromatic rings. The van der Waals surface area contributed by atoms with Gasteiger partial charge in [0, 0.05) is 38.0 Å². The fraction of sp³-hybridized carbons (Fsp3) is 0.632. The average Bonchev–Trinajstić information content (AvgIpc) is 3.24. The van der Waals surface area contributed by atoms with Crippen LogP contribution in [0.25, 0.3) is 0 Å². The molecule has 3 rings (SSSR count). The van der Waals surface area contributed by atoms with Crippen LogP contribution in [0, 0.1) is 5.92 Å². The maximum absolute atomic E-state index is 12.7. The molecule has 7 nitrogen and oxygen atoms in total. The summed E-state index contributed by atoms with van der Waals surface area (Å²) in [5, 5.41) is 7.30. The van der Waals surface area contributed by atoms with Crippen LogP contribution in [0.4, 0.5) is 5.82 Å². The zero-order valence-electron chi connectivity index (χ0n) is 16.2. The first-order valence-corrected chi connectivity index (χ1v) is 9.50. The highest BCUT2D eigenvalue weighted by atomic mass is 16.2. The Balaban J connectivity index is 1.51. The van der Waals surface area contributed by atoms with E-state index in [0.29, 0.717) is 5.92 Å². The van der Waals surface area contributed by atoms with Crippen molar-refractivity contribution in [3.63, 3.8) is 0 Å². The smallest absolute Gasteiger partial charge is 0.242 e. The molecule has 142 valence electrons. The van der Waals surface area contributed by atoms with Gasteiger partial charge < -0.3 is 9.88 Å². The Bertz CT molecular complexity index is 726. The number of imidazole rings is 1. The third-order valence-corrected chi connectivity index (χ3v) is 5.38. The highest BCUT2D eigenvalue weighted by molar-refractivity contribution is 5.93. The number of rotatable bonds is 6. The molecule has 1 amide bonds. The first kappa shape index (κ1) is 18.6. The summed E-state index contributed by atoms with van der Waals surface area (Å²) in [6.07, 6.45) is 8.81. The lowest BCUT2D eigenvalue weighted by Crippen LogP contribution is -2.46. The summed E-state index contributed by atoms with van der Waals surface area (Å²) in [6.45, 7) is 8.00. The van der Waals surface area contributed by atoms with E-state index in [-0.39, 0.29) is 18.0 Å². The van der Waals surface area contributed by atoms with Gasteiger partial charge in [-0.05, 0) is 52.6 Å². The number of nitrogens with zero attached hydrogens (tertiary/aromatic N) is 5. The fourth-order valence-corrected chi connectivity index (χ4v) is 3.62. The third-order valence-electron chi connectivity index (χ3n) is 5.38. The summed E-state index contributed by atoms with van der Waals surface area (Å²) in [5.74, 6) is 2.60. The molecule has 1 aliphatic heterocycles. The van der Waals surface area contributed by atoms with Crippen LogP contribution < -0.4 is 5.32 Å². The monoisotopic (exact) mass is 358 g/mol. The Morgan fingerprint density at radius 2 is 2.00 bits per heavy atom. The number of anilines is 1. The summed E-state index contributed by atoms with van der Waals surface area (Å²) >= 11 is 0. The molecule has 1 aliphatic rings. The Kier molecular flexibility index (Phi) is 5.76. The van der Waals surface area contributed by atoms with E-state index >= 15 is 0 Å². The number of carbonyl (C=O) groups is 1. The molecule has 0 bridgehead atoms. The average molecular weight is 358 g/mol. The lowest BCUT2D eigenvalue weighted by Gasteiger charge is -2.35. The van der Waals surface area contributed by atoms with E-state index in [0.717, 1.165) is 44.0 Å². The van der Waals surface area contributed by atoms with E-state index in [1.165, 1.54) is 0 Å². The molecule has 0 aromatic carbocycles. The minimum absolute atomic E-state index is 0.0370. The molecule has 0 radical (unpaired) electrons. The van der Waals surface area contributed by atoms with Crippen LogP contribution in [0.5, 0.6) is 0 Å². The van der Waals surface area contributed by atoms with Crippen molar-refractivity contribution in [1.29, 1.82) is 0 Å². The molecular weight excluding hydrogens is 328 g/mol. The molecule has 1 N–H and O–H groups in total. The van der Waals surface area contributed by atoms with Gasteiger partial charge in [-0.2, -0.15) is 5.10 Å². The molecule has 0 saturated carbocycles. The maximum atomic E-state index is 12.7. The van der Waals surface area contributed by atoms with Crippen molar-refractivity contribution in [1.82, 2.24) is 24.2 Å². The summed E-state index contributed by atoms with van der Waals surface area (Å²) in [6, 6.07) is 1.93. The van der Waals surface area contributed by atoms with Gasteiger partial charge >= 0.3 is 0 Å². The number of amides is 1. The molecule has 0 spiro atoms. The van der Waals surface area contributed by atoms with Crippen LogP contribution in [0.2, 0.25) is 0 Å². The number of carbonyl (C=O) groups excluding carboxylic acids is 1. The van der Waals surface area contributed by atoms with E-state index in [2.05, 4.69) is 38.7 Å².